The van der Waals surface area contributed by atoms with Gasteiger partial charge in [0.15, 0.2) is 12.5 Å². The van der Waals surface area contributed by atoms with Crippen LogP contribution in [0.2, 0.25) is 0 Å². The van der Waals surface area contributed by atoms with Gasteiger partial charge in [-0.2, -0.15) is 4.99 Å². The van der Waals surface area contributed by atoms with E-state index in [1.165, 1.54) is 0 Å². The van der Waals surface area contributed by atoms with Crippen molar-refractivity contribution in [3.63, 3.8) is 0 Å². The van der Waals surface area contributed by atoms with Gasteiger partial charge in [0.05, 0.1) is 12.2 Å². The van der Waals surface area contributed by atoms with E-state index in [0.29, 0.717) is 36.8 Å². The average Bonchev–Trinajstić information content (AvgIpc) is 2.67. The summed E-state index contributed by atoms with van der Waals surface area (Å²) in [6, 6.07) is 15.3. The second-order valence-electron chi connectivity index (χ2n) is 6.30. The van der Waals surface area contributed by atoms with Crippen LogP contribution in [-0.2, 0) is 0 Å². The topological polar surface area (TPSA) is 106 Å². The van der Waals surface area contributed by atoms with Gasteiger partial charge in [0.2, 0.25) is 11.9 Å². The molecule has 0 saturated heterocycles. The number of benzene rings is 2. The molecule has 0 aliphatic carbocycles. The first-order valence-electron chi connectivity index (χ1n) is 8.76. The molecule has 1 heterocycles. The van der Waals surface area contributed by atoms with Crippen LogP contribution in [-0.4, -0.2) is 36.3 Å². The molecule has 2 aromatic rings. The van der Waals surface area contributed by atoms with E-state index in [-0.39, 0.29) is 12.1 Å². The first-order chi connectivity index (χ1) is 13.1. The van der Waals surface area contributed by atoms with Gasteiger partial charge in [0, 0.05) is 6.54 Å². The van der Waals surface area contributed by atoms with Gasteiger partial charge in [-0.1, -0.05) is 42.0 Å². The van der Waals surface area contributed by atoms with Gasteiger partial charge < -0.3 is 21.1 Å². The third-order valence-electron chi connectivity index (χ3n) is 4.26. The second kappa shape index (κ2) is 8.35. The number of hydrogen-bond acceptors (Lipinski definition) is 7. The quantitative estimate of drug-likeness (QED) is 0.578. The normalized spacial score (nSPS) is 16.5. The summed E-state index contributed by atoms with van der Waals surface area (Å²) in [4.78, 5) is 21.6. The van der Waals surface area contributed by atoms with Gasteiger partial charge in [-0.3, -0.25) is 4.79 Å². The molecule has 0 bridgehead atoms. The largest absolute Gasteiger partial charge is 0.493 e. The third-order valence-corrected chi connectivity index (χ3v) is 4.26. The van der Waals surface area contributed by atoms with E-state index in [2.05, 4.69) is 9.98 Å². The summed E-state index contributed by atoms with van der Waals surface area (Å²) in [5, 5.41) is 0. The fraction of sp³-hybridized carbons (Fsp3) is 0.250. The lowest BCUT2D eigenvalue weighted by molar-refractivity contribution is 0.111. The highest BCUT2D eigenvalue weighted by Crippen LogP contribution is 2.25. The monoisotopic (exact) mass is 365 g/mol. The molecular formula is C20H23N5O2. The highest BCUT2D eigenvalue weighted by atomic mass is 16.5. The smallest absolute Gasteiger partial charge is 0.220 e. The molecule has 0 saturated carbocycles. The Balaban J connectivity index is 1.64. The summed E-state index contributed by atoms with van der Waals surface area (Å²) in [7, 11) is 0. The summed E-state index contributed by atoms with van der Waals surface area (Å²) >= 11 is 0. The number of aryl methyl sites for hydroxylation is 1. The first kappa shape index (κ1) is 18.4. The van der Waals surface area contributed by atoms with Crippen molar-refractivity contribution >= 4 is 18.2 Å². The van der Waals surface area contributed by atoms with Crippen LogP contribution >= 0.6 is 0 Å². The van der Waals surface area contributed by atoms with Crippen molar-refractivity contribution in [2.24, 2.45) is 21.5 Å². The van der Waals surface area contributed by atoms with E-state index in [1.54, 1.807) is 6.07 Å². The van der Waals surface area contributed by atoms with Crippen molar-refractivity contribution in [1.29, 1.82) is 0 Å². The number of aliphatic imine (C=N–C) groups is 2. The molecule has 1 aliphatic rings. The van der Waals surface area contributed by atoms with Gasteiger partial charge >= 0.3 is 0 Å². The van der Waals surface area contributed by atoms with Crippen LogP contribution in [0.3, 0.4) is 0 Å². The standard InChI is InChI=1S/C20H23N5O2/c1-14-8-9-17(16(12-14)13-26)27-11-5-10-25-18(15-6-3-2-4-7-15)23-19(21)24-20(25)22/h2-4,6-9,12-13,18H,5,10-11H2,1H3,(H4,21,22,23,24). The maximum atomic E-state index is 11.2. The predicted molar refractivity (Wildman–Crippen MR) is 106 cm³/mol. The van der Waals surface area contributed by atoms with Gasteiger partial charge in [0.25, 0.3) is 0 Å². The Labute approximate surface area is 158 Å². The van der Waals surface area contributed by atoms with Crippen molar-refractivity contribution < 1.29 is 9.53 Å². The van der Waals surface area contributed by atoms with E-state index < -0.39 is 0 Å². The Kier molecular flexibility index (Phi) is 5.71. The van der Waals surface area contributed by atoms with Crippen molar-refractivity contribution in [2.75, 3.05) is 13.2 Å². The van der Waals surface area contributed by atoms with Crippen molar-refractivity contribution in [1.82, 2.24) is 4.90 Å². The van der Waals surface area contributed by atoms with E-state index >= 15 is 0 Å². The lowest BCUT2D eigenvalue weighted by atomic mass is 10.1. The van der Waals surface area contributed by atoms with Crippen molar-refractivity contribution in [2.45, 2.75) is 19.5 Å². The molecule has 0 spiro atoms. The molecule has 1 unspecified atom stereocenters. The Morgan fingerprint density at radius 2 is 1.96 bits per heavy atom. The molecule has 7 nitrogen and oxygen atoms in total. The molecule has 0 amide bonds. The van der Waals surface area contributed by atoms with Gasteiger partial charge in [0.1, 0.15) is 5.75 Å². The highest BCUT2D eigenvalue weighted by molar-refractivity contribution is 5.95. The zero-order valence-electron chi connectivity index (χ0n) is 15.2. The molecule has 0 fully saturated rings. The number of aldehydes is 1. The number of nitrogens with two attached hydrogens (primary N) is 2. The minimum atomic E-state index is -0.311. The minimum absolute atomic E-state index is 0.170. The van der Waals surface area contributed by atoms with Gasteiger partial charge in [-0.25, -0.2) is 4.99 Å². The van der Waals surface area contributed by atoms with E-state index in [0.717, 1.165) is 17.4 Å². The maximum absolute atomic E-state index is 11.2. The fourth-order valence-electron chi connectivity index (χ4n) is 2.96. The average molecular weight is 365 g/mol. The maximum Gasteiger partial charge on any atom is 0.220 e. The SMILES string of the molecule is Cc1ccc(OCCCN2C(N)=NC(N)=NC2c2ccccc2)c(C=O)c1. The van der Waals surface area contributed by atoms with E-state index in [1.807, 2.05) is 54.3 Å². The lowest BCUT2D eigenvalue weighted by Gasteiger charge is -2.32. The molecule has 1 aliphatic heterocycles. The summed E-state index contributed by atoms with van der Waals surface area (Å²) in [6.45, 7) is 2.97. The first-order valence-corrected chi connectivity index (χ1v) is 8.76. The number of rotatable bonds is 7. The predicted octanol–water partition coefficient (Wildman–Crippen LogP) is 2.22. The number of carbonyl (C=O) groups excluding carboxylic acids is 1. The van der Waals surface area contributed by atoms with Crippen LogP contribution in [0, 0.1) is 6.92 Å². The van der Waals surface area contributed by atoms with Crippen LogP contribution in [0.1, 0.15) is 34.1 Å². The van der Waals surface area contributed by atoms with Crippen LogP contribution in [0.5, 0.6) is 5.75 Å². The van der Waals surface area contributed by atoms with Crippen molar-refractivity contribution in [3.8, 4) is 5.75 Å². The van der Waals surface area contributed by atoms with Gasteiger partial charge in [-0.15, -0.1) is 0 Å². The zero-order valence-corrected chi connectivity index (χ0v) is 15.2. The lowest BCUT2D eigenvalue weighted by Crippen LogP contribution is -2.44. The van der Waals surface area contributed by atoms with E-state index in [4.69, 9.17) is 16.2 Å². The summed E-state index contributed by atoms with van der Waals surface area (Å²) in [6.07, 6.45) is 1.18. The van der Waals surface area contributed by atoms with Crippen molar-refractivity contribution in [3.05, 3.63) is 65.2 Å². The highest BCUT2D eigenvalue weighted by Gasteiger charge is 2.25. The fourth-order valence-corrected chi connectivity index (χ4v) is 2.96. The number of ether oxygens (including phenoxy) is 1. The molecule has 27 heavy (non-hydrogen) atoms. The molecule has 3 rings (SSSR count). The Morgan fingerprint density at radius 1 is 1.19 bits per heavy atom. The molecule has 0 radical (unpaired) electrons. The molecule has 140 valence electrons. The summed E-state index contributed by atoms with van der Waals surface area (Å²) < 4.78 is 5.77. The van der Waals surface area contributed by atoms with Crippen LogP contribution in [0.25, 0.3) is 0 Å². The third kappa shape index (κ3) is 4.44. The second-order valence-corrected chi connectivity index (χ2v) is 6.30. The molecule has 4 N–H and O–H groups in total. The molecule has 0 aromatic heterocycles. The summed E-state index contributed by atoms with van der Waals surface area (Å²) in [5.74, 6) is 1.09. The number of guanidine groups is 2. The van der Waals surface area contributed by atoms with Crippen LogP contribution in [0.4, 0.5) is 0 Å². The minimum Gasteiger partial charge on any atom is -0.493 e. The molecule has 7 heteroatoms. The van der Waals surface area contributed by atoms with E-state index in [9.17, 15) is 4.79 Å². The number of hydrogen-bond donors (Lipinski definition) is 2. The zero-order chi connectivity index (χ0) is 19.2. The van der Waals surface area contributed by atoms with Gasteiger partial charge in [-0.05, 0) is 31.0 Å². The van der Waals surface area contributed by atoms with Crippen LogP contribution in [0.15, 0.2) is 58.5 Å². The Bertz CT molecular complexity index is 864. The molecule has 1 atom stereocenters. The molecule has 2 aromatic carbocycles. The Morgan fingerprint density at radius 3 is 2.70 bits per heavy atom. The summed E-state index contributed by atoms with van der Waals surface area (Å²) in [5.41, 5.74) is 14.4. The van der Waals surface area contributed by atoms with Crippen LogP contribution < -0.4 is 16.2 Å². The number of carbonyl (C=O) groups is 1. The Hall–Kier alpha value is -3.35. The molecular weight excluding hydrogens is 342 g/mol. The number of nitrogens with zero attached hydrogens (tertiary/aromatic N) is 3.